The molecule has 0 spiro atoms. The number of halogens is 2. The molecule has 0 aliphatic carbocycles. The molecule has 2 bridgehead atoms. The number of hydrogen-bond acceptors (Lipinski definition) is 4. The van der Waals surface area contributed by atoms with Crippen LogP contribution in [0.25, 0.3) is 11.0 Å². The van der Waals surface area contributed by atoms with Crippen LogP contribution in [0.3, 0.4) is 0 Å². The Morgan fingerprint density at radius 1 is 1.33 bits per heavy atom. The predicted octanol–water partition coefficient (Wildman–Crippen LogP) is 2.92. The van der Waals surface area contributed by atoms with E-state index in [4.69, 9.17) is 4.52 Å². The maximum atomic E-state index is 14.0. The molecule has 6 heteroatoms. The number of benzene rings is 1. The topological polar surface area (TPSA) is 41.3 Å². The molecule has 3 fully saturated rings. The van der Waals surface area contributed by atoms with E-state index in [1.807, 2.05) is 0 Å². The summed E-state index contributed by atoms with van der Waals surface area (Å²) in [5, 5.41) is 7.62. The van der Waals surface area contributed by atoms with Crippen molar-refractivity contribution in [3.63, 3.8) is 0 Å². The Kier molecular flexibility index (Phi) is 2.89. The summed E-state index contributed by atoms with van der Waals surface area (Å²) in [6.07, 6.45) is 2.32. The first-order chi connectivity index (χ1) is 10.1. The first kappa shape index (κ1) is 13.0. The minimum atomic E-state index is -0.667. The Hall–Kier alpha value is -1.69. The quantitative estimate of drug-likeness (QED) is 0.924. The van der Waals surface area contributed by atoms with Crippen molar-refractivity contribution in [3.05, 3.63) is 23.3 Å². The lowest BCUT2D eigenvalue weighted by molar-refractivity contribution is 0.0973. The Balaban J connectivity index is 1.68. The highest BCUT2D eigenvalue weighted by atomic mass is 19.1. The lowest BCUT2D eigenvalue weighted by Gasteiger charge is -2.44. The molecule has 1 aromatic carbocycles. The van der Waals surface area contributed by atoms with Gasteiger partial charge in [-0.15, -0.1) is 0 Å². The molecule has 3 aliphatic heterocycles. The summed E-state index contributed by atoms with van der Waals surface area (Å²) in [5.74, 6) is -0.192. The molecule has 3 saturated heterocycles. The molecule has 5 rings (SSSR count). The van der Waals surface area contributed by atoms with Gasteiger partial charge >= 0.3 is 0 Å². The second-order valence-corrected chi connectivity index (χ2v) is 6.09. The maximum absolute atomic E-state index is 14.0. The van der Waals surface area contributed by atoms with Crippen molar-refractivity contribution in [2.45, 2.75) is 25.8 Å². The van der Waals surface area contributed by atoms with E-state index in [1.165, 1.54) is 13.0 Å². The summed E-state index contributed by atoms with van der Waals surface area (Å²) in [5.41, 5.74) is -0.00860. The summed E-state index contributed by atoms with van der Waals surface area (Å²) in [6.45, 7) is 4.64. The average Bonchev–Trinajstić information content (AvgIpc) is 2.89. The van der Waals surface area contributed by atoms with Crippen LogP contribution >= 0.6 is 0 Å². The van der Waals surface area contributed by atoms with E-state index in [-0.39, 0.29) is 17.2 Å². The number of nitrogens with zero attached hydrogens (tertiary/aromatic N) is 2. The highest BCUT2D eigenvalue weighted by Gasteiger charge is 2.34. The molecule has 112 valence electrons. The van der Waals surface area contributed by atoms with Crippen molar-refractivity contribution in [1.29, 1.82) is 0 Å². The number of hydrogen-bond donors (Lipinski definition) is 1. The van der Waals surface area contributed by atoms with Gasteiger partial charge in [-0.05, 0) is 44.8 Å². The molecule has 2 aromatic rings. The molecule has 1 atom stereocenters. The van der Waals surface area contributed by atoms with Crippen LogP contribution in [-0.4, -0.2) is 35.7 Å². The molecule has 3 aliphatic rings. The number of piperidine rings is 3. The molecule has 0 saturated carbocycles. The molecule has 21 heavy (non-hydrogen) atoms. The van der Waals surface area contributed by atoms with Crippen LogP contribution in [-0.2, 0) is 0 Å². The highest BCUT2D eigenvalue weighted by molar-refractivity contribution is 5.89. The summed E-state index contributed by atoms with van der Waals surface area (Å²) in [6, 6.07) is 1.57. The Morgan fingerprint density at radius 2 is 2.10 bits per heavy atom. The molecule has 1 aromatic heterocycles. The van der Waals surface area contributed by atoms with Gasteiger partial charge in [-0.25, -0.2) is 8.78 Å². The van der Waals surface area contributed by atoms with Crippen molar-refractivity contribution < 1.29 is 13.3 Å². The van der Waals surface area contributed by atoms with Crippen LogP contribution < -0.4 is 5.32 Å². The summed E-state index contributed by atoms with van der Waals surface area (Å²) in [7, 11) is 0. The second-order valence-electron chi connectivity index (χ2n) is 6.09. The molecule has 1 N–H and O–H groups in total. The van der Waals surface area contributed by atoms with Gasteiger partial charge in [0, 0.05) is 18.2 Å². The van der Waals surface area contributed by atoms with Crippen LogP contribution in [0.5, 0.6) is 0 Å². The predicted molar refractivity (Wildman–Crippen MR) is 75.2 cm³/mol. The largest absolute Gasteiger partial charge is 0.362 e. The van der Waals surface area contributed by atoms with Crippen LogP contribution in [0.4, 0.5) is 14.6 Å². The summed E-state index contributed by atoms with van der Waals surface area (Å²) < 4.78 is 32.8. The van der Waals surface area contributed by atoms with Crippen molar-refractivity contribution >= 4 is 16.8 Å². The number of fused-ring (bicyclic) bond motifs is 4. The summed E-state index contributed by atoms with van der Waals surface area (Å²) >= 11 is 0. The number of nitrogens with one attached hydrogen (secondary N) is 1. The zero-order valence-corrected chi connectivity index (χ0v) is 11.8. The molecular formula is C15H17F2N3O. The minimum Gasteiger partial charge on any atom is -0.362 e. The number of aromatic nitrogens is 1. The zero-order chi connectivity index (χ0) is 14.6. The molecule has 4 heterocycles. The van der Waals surface area contributed by atoms with E-state index in [2.05, 4.69) is 15.4 Å². The van der Waals surface area contributed by atoms with Crippen LogP contribution in [0.15, 0.2) is 10.6 Å². The van der Waals surface area contributed by atoms with Gasteiger partial charge in [0.05, 0.1) is 5.39 Å². The van der Waals surface area contributed by atoms with Gasteiger partial charge in [0.25, 0.3) is 0 Å². The van der Waals surface area contributed by atoms with Gasteiger partial charge in [0.15, 0.2) is 11.6 Å². The lowest BCUT2D eigenvalue weighted by atomic mass is 9.84. The van der Waals surface area contributed by atoms with Crippen molar-refractivity contribution in [3.8, 4) is 0 Å². The van der Waals surface area contributed by atoms with E-state index in [1.54, 1.807) is 0 Å². The maximum Gasteiger partial charge on any atom is 0.205 e. The van der Waals surface area contributed by atoms with E-state index >= 15 is 0 Å². The Labute approximate surface area is 121 Å². The van der Waals surface area contributed by atoms with Crippen molar-refractivity contribution in [2.75, 3.05) is 25.0 Å². The van der Waals surface area contributed by atoms with Gasteiger partial charge in [0.2, 0.25) is 5.58 Å². The van der Waals surface area contributed by atoms with Gasteiger partial charge in [0.1, 0.15) is 5.82 Å². The third kappa shape index (κ3) is 2.00. The molecule has 4 nitrogen and oxygen atoms in total. The normalized spacial score (nSPS) is 28.2. The molecule has 0 radical (unpaired) electrons. The fraction of sp³-hybridized carbons (Fsp3) is 0.533. The first-order valence-corrected chi connectivity index (χ1v) is 7.36. The zero-order valence-electron chi connectivity index (χ0n) is 11.8. The van der Waals surface area contributed by atoms with Gasteiger partial charge < -0.3 is 14.7 Å². The van der Waals surface area contributed by atoms with Crippen LogP contribution in [0, 0.1) is 24.5 Å². The van der Waals surface area contributed by atoms with Crippen LogP contribution in [0.2, 0.25) is 0 Å². The number of anilines is 1. The van der Waals surface area contributed by atoms with E-state index < -0.39 is 11.6 Å². The standard InChI is InChI=1S/C15H17F2N3O/c1-8-11(16)6-10-14(13(8)17)21-19-15(10)18-12-7-20-4-2-9(12)3-5-20/h6,9,12H,2-5,7H2,1H3,(H,18,19)/t12-/m0/s1. The number of rotatable bonds is 2. The fourth-order valence-electron chi connectivity index (χ4n) is 3.51. The second kappa shape index (κ2) is 4.66. The lowest BCUT2D eigenvalue weighted by Crippen LogP contribution is -2.53. The van der Waals surface area contributed by atoms with E-state index in [0.29, 0.717) is 17.1 Å². The summed E-state index contributed by atoms with van der Waals surface area (Å²) in [4.78, 5) is 2.41. The van der Waals surface area contributed by atoms with Crippen molar-refractivity contribution in [1.82, 2.24) is 10.1 Å². The Bertz CT molecular complexity index is 692. The van der Waals surface area contributed by atoms with Gasteiger partial charge in [-0.1, -0.05) is 5.16 Å². The monoisotopic (exact) mass is 293 g/mol. The first-order valence-electron chi connectivity index (χ1n) is 7.36. The van der Waals surface area contributed by atoms with Gasteiger partial charge in [-0.3, -0.25) is 0 Å². The van der Waals surface area contributed by atoms with Crippen molar-refractivity contribution in [2.24, 2.45) is 5.92 Å². The van der Waals surface area contributed by atoms with E-state index in [9.17, 15) is 8.78 Å². The average molecular weight is 293 g/mol. The molecule has 0 unspecified atom stereocenters. The highest BCUT2D eigenvalue weighted by Crippen LogP contribution is 2.33. The minimum absolute atomic E-state index is 0.0256. The fourth-order valence-corrected chi connectivity index (χ4v) is 3.51. The smallest absolute Gasteiger partial charge is 0.205 e. The van der Waals surface area contributed by atoms with Gasteiger partial charge in [-0.2, -0.15) is 0 Å². The SMILES string of the molecule is Cc1c(F)cc2c(N[C@H]3CN4CCC3CC4)noc2c1F. The van der Waals surface area contributed by atoms with Crippen LogP contribution in [0.1, 0.15) is 18.4 Å². The molecule has 0 amide bonds. The molecular weight excluding hydrogens is 276 g/mol. The van der Waals surface area contributed by atoms with E-state index in [0.717, 1.165) is 32.5 Å². The Morgan fingerprint density at radius 3 is 2.76 bits per heavy atom. The third-order valence-corrected chi connectivity index (χ3v) is 4.86. The third-order valence-electron chi connectivity index (χ3n) is 4.86.